The lowest BCUT2D eigenvalue weighted by atomic mass is 10.0. The lowest BCUT2D eigenvalue weighted by Gasteiger charge is -2.34. The van der Waals surface area contributed by atoms with Gasteiger partial charge in [-0.05, 0) is 19.4 Å². The summed E-state index contributed by atoms with van der Waals surface area (Å²) in [6, 6.07) is 7.99. The van der Waals surface area contributed by atoms with Gasteiger partial charge >= 0.3 is 5.97 Å². The Bertz CT molecular complexity index is 737. The van der Waals surface area contributed by atoms with Crippen LogP contribution in [-0.4, -0.2) is 95.8 Å². The van der Waals surface area contributed by atoms with Crippen molar-refractivity contribution in [3.8, 4) is 0 Å². The fourth-order valence-electron chi connectivity index (χ4n) is 3.85. The highest BCUT2D eigenvalue weighted by molar-refractivity contribution is 6.02. The van der Waals surface area contributed by atoms with Crippen molar-refractivity contribution in [2.45, 2.75) is 26.4 Å². The first-order chi connectivity index (χ1) is 14.0. The number of rotatable bonds is 8. The third-order valence-electron chi connectivity index (χ3n) is 5.59. The Kier molecular flexibility index (Phi) is 7.22. The highest BCUT2D eigenvalue weighted by atomic mass is 16.6. The maximum absolute atomic E-state index is 10.8. The van der Waals surface area contributed by atoms with E-state index >= 15 is 0 Å². The molecule has 158 valence electrons. The van der Waals surface area contributed by atoms with Crippen molar-refractivity contribution in [2.75, 3.05) is 52.4 Å². The fourth-order valence-corrected chi connectivity index (χ4v) is 3.85. The summed E-state index contributed by atoms with van der Waals surface area (Å²) in [5, 5.41) is 21.5. The monoisotopic (exact) mass is 401 g/mol. The number of carboxylic acid groups (broad SMARTS) is 1. The number of amidine groups is 1. The summed E-state index contributed by atoms with van der Waals surface area (Å²) >= 11 is 0. The Labute approximate surface area is 172 Å². The molecule has 0 amide bonds. The van der Waals surface area contributed by atoms with Gasteiger partial charge in [0.05, 0.1) is 12.3 Å². The van der Waals surface area contributed by atoms with E-state index in [2.05, 4.69) is 23.9 Å². The molecule has 2 aliphatic rings. The Morgan fingerprint density at radius 3 is 2.38 bits per heavy atom. The minimum absolute atomic E-state index is 0.0321. The highest BCUT2D eigenvalue weighted by Crippen LogP contribution is 2.19. The van der Waals surface area contributed by atoms with Crippen LogP contribution in [0.25, 0.3) is 0 Å². The second-order valence-electron chi connectivity index (χ2n) is 7.54. The van der Waals surface area contributed by atoms with Crippen molar-refractivity contribution >= 4 is 17.5 Å². The molecule has 0 aromatic heterocycles. The largest absolute Gasteiger partial charge is 0.480 e. The zero-order valence-electron chi connectivity index (χ0n) is 17.3. The topological polar surface area (TPSA) is 92.5 Å². The number of benzene rings is 1. The lowest BCUT2D eigenvalue weighted by molar-refractivity contribution is -0.138. The molecule has 8 nitrogen and oxygen atoms in total. The average Bonchev–Trinajstić information content (AvgIpc) is 3.18. The van der Waals surface area contributed by atoms with Gasteiger partial charge in [-0.3, -0.25) is 20.0 Å². The number of carboxylic acids is 1. The van der Waals surface area contributed by atoms with E-state index in [1.54, 1.807) is 0 Å². The number of nitrogens with one attached hydrogen (secondary N) is 1. The van der Waals surface area contributed by atoms with Crippen LogP contribution in [0, 0.1) is 5.41 Å². The maximum Gasteiger partial charge on any atom is 0.317 e. The zero-order chi connectivity index (χ0) is 20.8. The zero-order valence-corrected chi connectivity index (χ0v) is 17.3. The molecule has 1 atom stereocenters. The van der Waals surface area contributed by atoms with E-state index in [-0.39, 0.29) is 12.6 Å². The highest BCUT2D eigenvalue weighted by Gasteiger charge is 2.27. The molecule has 3 rings (SSSR count). The molecule has 2 aliphatic heterocycles. The molecule has 2 heterocycles. The minimum atomic E-state index is -0.770. The number of carbonyl (C=O) groups is 1. The summed E-state index contributed by atoms with van der Waals surface area (Å²) in [6.45, 7) is 9.93. The van der Waals surface area contributed by atoms with Gasteiger partial charge in [0.15, 0.2) is 0 Å². The molecule has 1 aromatic carbocycles. The molecule has 8 heteroatoms. The fraction of sp³-hybridized carbons (Fsp3) is 0.571. The van der Waals surface area contributed by atoms with E-state index in [1.165, 1.54) is 0 Å². The Morgan fingerprint density at radius 1 is 1.17 bits per heavy atom. The van der Waals surface area contributed by atoms with Crippen molar-refractivity contribution in [1.29, 1.82) is 5.41 Å². The molecular weight excluding hydrogens is 370 g/mol. The number of aliphatic carboxylic acids is 1. The van der Waals surface area contributed by atoms with Gasteiger partial charge < -0.3 is 14.8 Å². The third kappa shape index (κ3) is 5.55. The van der Waals surface area contributed by atoms with Crippen LogP contribution in [-0.2, 0) is 9.63 Å². The molecule has 1 saturated heterocycles. The first-order valence-electron chi connectivity index (χ1n) is 10.3. The first kappa shape index (κ1) is 21.3. The molecular formula is C21H31N5O3. The van der Waals surface area contributed by atoms with Gasteiger partial charge in [0, 0.05) is 57.8 Å². The number of hydrogen-bond donors (Lipinski definition) is 2. The minimum Gasteiger partial charge on any atom is -0.480 e. The molecule has 0 aliphatic carbocycles. The van der Waals surface area contributed by atoms with E-state index < -0.39 is 5.97 Å². The van der Waals surface area contributed by atoms with Crippen LogP contribution in [0.3, 0.4) is 0 Å². The van der Waals surface area contributed by atoms with Crippen LogP contribution < -0.4 is 0 Å². The molecule has 1 fully saturated rings. The van der Waals surface area contributed by atoms with Crippen molar-refractivity contribution < 1.29 is 14.7 Å². The van der Waals surface area contributed by atoms with E-state index in [4.69, 9.17) is 15.4 Å². The van der Waals surface area contributed by atoms with E-state index in [0.717, 1.165) is 69.1 Å². The molecule has 2 N–H and O–H groups in total. The van der Waals surface area contributed by atoms with E-state index in [1.807, 2.05) is 34.1 Å². The van der Waals surface area contributed by atoms with Gasteiger partial charge in [0.1, 0.15) is 11.9 Å². The third-order valence-corrected chi connectivity index (χ3v) is 5.59. The number of oxime groups is 1. The van der Waals surface area contributed by atoms with Crippen molar-refractivity contribution in [1.82, 2.24) is 14.7 Å². The number of nitrogens with zero attached hydrogens (tertiary/aromatic N) is 4. The molecule has 1 aromatic rings. The smallest absolute Gasteiger partial charge is 0.317 e. The van der Waals surface area contributed by atoms with Crippen LogP contribution in [0.15, 0.2) is 29.4 Å². The standard InChI is InChI=1S/C21H31N5O3/c1-3-26(4-2)21(22)17-7-5-16(6-8-17)19-13-18(29-23-19)14-24-9-11-25(12-10-24)15-20(27)28/h5-8,18,22H,3-4,9-15H2,1-2H3,(H,27,28). The summed E-state index contributed by atoms with van der Waals surface area (Å²) in [5.74, 6) is -0.222. The van der Waals surface area contributed by atoms with Crippen LogP contribution in [0.2, 0.25) is 0 Å². The van der Waals surface area contributed by atoms with Crippen molar-refractivity contribution in [2.24, 2.45) is 5.16 Å². The summed E-state index contributed by atoms with van der Waals surface area (Å²) < 4.78 is 0. The van der Waals surface area contributed by atoms with Crippen molar-refractivity contribution in [3.63, 3.8) is 0 Å². The number of piperazine rings is 1. The van der Waals surface area contributed by atoms with Gasteiger partial charge in [-0.15, -0.1) is 0 Å². The second kappa shape index (κ2) is 9.84. The second-order valence-corrected chi connectivity index (χ2v) is 7.54. The Hall–Kier alpha value is -2.45. The van der Waals surface area contributed by atoms with Gasteiger partial charge in [-0.25, -0.2) is 0 Å². The average molecular weight is 402 g/mol. The summed E-state index contributed by atoms with van der Waals surface area (Å²) in [6.07, 6.45) is 0.798. The summed E-state index contributed by atoms with van der Waals surface area (Å²) in [5.41, 5.74) is 2.89. The van der Waals surface area contributed by atoms with Crippen molar-refractivity contribution in [3.05, 3.63) is 35.4 Å². The SMILES string of the molecule is CCN(CC)C(=N)c1ccc(C2=NOC(CN3CCN(CC(=O)O)CC3)C2)cc1. The summed E-state index contributed by atoms with van der Waals surface area (Å²) in [7, 11) is 0. The van der Waals surface area contributed by atoms with Gasteiger partial charge in [0.2, 0.25) is 0 Å². The Morgan fingerprint density at radius 2 is 1.79 bits per heavy atom. The van der Waals surface area contributed by atoms with E-state index in [0.29, 0.717) is 5.84 Å². The predicted octanol–water partition coefficient (Wildman–Crippen LogP) is 1.55. The van der Waals surface area contributed by atoms with Crippen LogP contribution in [0.1, 0.15) is 31.4 Å². The van der Waals surface area contributed by atoms with E-state index in [9.17, 15) is 4.79 Å². The van der Waals surface area contributed by atoms with Crippen LogP contribution >= 0.6 is 0 Å². The molecule has 0 saturated carbocycles. The summed E-state index contributed by atoms with van der Waals surface area (Å²) in [4.78, 5) is 22.8. The quantitative estimate of drug-likeness (QED) is 0.507. The van der Waals surface area contributed by atoms with Gasteiger partial charge in [-0.1, -0.05) is 29.4 Å². The molecule has 0 radical (unpaired) electrons. The molecule has 0 bridgehead atoms. The van der Waals surface area contributed by atoms with Crippen LogP contribution in [0.4, 0.5) is 0 Å². The maximum atomic E-state index is 10.8. The number of hydrogen-bond acceptors (Lipinski definition) is 6. The first-order valence-corrected chi connectivity index (χ1v) is 10.3. The molecule has 29 heavy (non-hydrogen) atoms. The molecule has 1 unspecified atom stereocenters. The normalized spacial score (nSPS) is 20.2. The Balaban J connectivity index is 1.48. The molecule has 0 spiro atoms. The lowest BCUT2D eigenvalue weighted by Crippen LogP contribution is -2.49. The van der Waals surface area contributed by atoms with Gasteiger partial charge in [-0.2, -0.15) is 0 Å². The van der Waals surface area contributed by atoms with Gasteiger partial charge in [0.25, 0.3) is 0 Å². The van der Waals surface area contributed by atoms with Crippen LogP contribution in [0.5, 0.6) is 0 Å². The predicted molar refractivity (Wildman–Crippen MR) is 113 cm³/mol.